The molecule has 4 rings (SSSR count). The van der Waals surface area contributed by atoms with E-state index in [1.54, 1.807) is 0 Å². The second-order valence-electron chi connectivity index (χ2n) is 8.52. The normalized spacial score (nSPS) is 33.5. The Morgan fingerprint density at radius 1 is 1.09 bits per heavy atom. The number of primary amides is 1. The smallest absolute Gasteiger partial charge is 0.328 e. The monoisotopic (exact) mass is 457 g/mol. The minimum atomic E-state index is -2.97. The predicted octanol–water partition coefficient (Wildman–Crippen LogP) is -1.60. The molecule has 3 aliphatic carbocycles. The zero-order valence-corrected chi connectivity index (χ0v) is 16.9. The number of hydrogen-bond acceptors (Lipinski definition) is 9. The standard InChI is InChI=1S/C22H19NO10/c23-21(32)15-11(24)6-10-17(28)9-5-8-2-1-7(3-4-12(25)26)16(27)13(8)18(29)14(9)19(30)22(10,33)20(15)31/h1-4,9-10,14-15,17,27-28,33H,5-6H2,(H2,23,32)(H,25,26)/t9-,10-,14?,15?,17+,22+/m1/s1. The molecule has 0 aromatic heterocycles. The molecule has 0 saturated heterocycles. The van der Waals surface area contributed by atoms with Gasteiger partial charge in [0.25, 0.3) is 0 Å². The molecular weight excluding hydrogens is 438 g/mol. The molecular formula is C22H19NO10. The van der Waals surface area contributed by atoms with Crippen molar-refractivity contribution in [1.82, 2.24) is 0 Å². The van der Waals surface area contributed by atoms with Crippen molar-refractivity contribution < 1.29 is 49.2 Å². The first-order chi connectivity index (χ1) is 15.4. The van der Waals surface area contributed by atoms with E-state index in [2.05, 4.69) is 0 Å². The maximum absolute atomic E-state index is 13.3. The molecule has 1 aromatic rings. The van der Waals surface area contributed by atoms with E-state index in [1.165, 1.54) is 12.1 Å². The second kappa shape index (κ2) is 7.42. The molecule has 2 fully saturated rings. The van der Waals surface area contributed by atoms with Gasteiger partial charge in [0, 0.05) is 29.9 Å². The fourth-order valence-electron chi connectivity index (χ4n) is 5.27. The maximum atomic E-state index is 13.3. The lowest BCUT2D eigenvalue weighted by molar-refractivity contribution is -0.188. The SMILES string of the molecule is NC(=O)C1C(=O)C[C@@H]2[C@@H](O)[C@@H]3Cc4ccc(C=CC(=O)O)c(O)c4C(=O)C3C(=O)[C@]2(O)C1=O. The summed E-state index contributed by atoms with van der Waals surface area (Å²) in [6.07, 6.45) is -0.584. The van der Waals surface area contributed by atoms with Crippen molar-refractivity contribution in [2.45, 2.75) is 24.5 Å². The van der Waals surface area contributed by atoms with Crippen LogP contribution < -0.4 is 5.73 Å². The van der Waals surface area contributed by atoms with Gasteiger partial charge in [-0.2, -0.15) is 0 Å². The molecule has 33 heavy (non-hydrogen) atoms. The maximum Gasteiger partial charge on any atom is 0.328 e. The van der Waals surface area contributed by atoms with Crippen LogP contribution in [0.25, 0.3) is 6.08 Å². The Kier molecular flexibility index (Phi) is 5.06. The third-order valence-electron chi connectivity index (χ3n) is 6.82. The van der Waals surface area contributed by atoms with E-state index < -0.39 is 82.6 Å². The summed E-state index contributed by atoms with van der Waals surface area (Å²) in [4.78, 5) is 74.2. The Hall–Kier alpha value is -3.70. The highest BCUT2D eigenvalue weighted by Crippen LogP contribution is 2.50. The summed E-state index contributed by atoms with van der Waals surface area (Å²) in [6, 6.07) is 2.79. The molecule has 0 bridgehead atoms. The van der Waals surface area contributed by atoms with Crippen LogP contribution in [0.3, 0.4) is 0 Å². The summed E-state index contributed by atoms with van der Waals surface area (Å²) in [5.41, 5.74) is 2.09. The highest BCUT2D eigenvalue weighted by Gasteiger charge is 2.69. The van der Waals surface area contributed by atoms with Crippen molar-refractivity contribution >= 4 is 41.1 Å². The fourth-order valence-corrected chi connectivity index (χ4v) is 5.27. The Balaban J connectivity index is 1.82. The highest BCUT2D eigenvalue weighted by atomic mass is 16.4. The number of aliphatic hydroxyl groups excluding tert-OH is 1. The van der Waals surface area contributed by atoms with E-state index in [0.717, 1.165) is 12.2 Å². The summed E-state index contributed by atoms with van der Waals surface area (Å²) in [5, 5.41) is 41.4. The number of aliphatic hydroxyl groups is 2. The van der Waals surface area contributed by atoms with Gasteiger partial charge < -0.3 is 26.2 Å². The lowest BCUT2D eigenvalue weighted by Crippen LogP contribution is -2.72. The largest absolute Gasteiger partial charge is 0.507 e. The van der Waals surface area contributed by atoms with Gasteiger partial charge >= 0.3 is 5.97 Å². The number of rotatable bonds is 3. The summed E-state index contributed by atoms with van der Waals surface area (Å²) in [7, 11) is 0. The van der Waals surface area contributed by atoms with Crippen molar-refractivity contribution in [3.05, 3.63) is 34.9 Å². The molecule has 2 unspecified atom stereocenters. The molecule has 172 valence electrons. The van der Waals surface area contributed by atoms with Crippen LogP contribution in [0.15, 0.2) is 18.2 Å². The third kappa shape index (κ3) is 3.04. The number of nitrogens with two attached hydrogens (primary N) is 1. The average molecular weight is 457 g/mol. The summed E-state index contributed by atoms with van der Waals surface area (Å²) in [6.45, 7) is 0. The zero-order valence-electron chi connectivity index (χ0n) is 16.9. The number of carbonyl (C=O) groups is 6. The van der Waals surface area contributed by atoms with Crippen LogP contribution in [0.4, 0.5) is 0 Å². The summed E-state index contributed by atoms with van der Waals surface area (Å²) >= 11 is 0. The number of carboxylic acids is 1. The number of carboxylic acid groups (broad SMARTS) is 1. The zero-order chi connectivity index (χ0) is 24.4. The number of carbonyl (C=O) groups excluding carboxylic acids is 5. The minimum absolute atomic E-state index is 0.0172. The topological polar surface area (TPSA) is 209 Å². The number of phenols is 1. The van der Waals surface area contributed by atoms with Crippen LogP contribution in [0, 0.1) is 23.7 Å². The van der Waals surface area contributed by atoms with Gasteiger partial charge in [-0.3, -0.25) is 24.0 Å². The first kappa shape index (κ1) is 22.5. The molecule has 0 aliphatic heterocycles. The van der Waals surface area contributed by atoms with E-state index in [-0.39, 0.29) is 23.1 Å². The van der Waals surface area contributed by atoms with Crippen LogP contribution in [-0.4, -0.2) is 67.1 Å². The quantitative estimate of drug-likeness (QED) is 0.259. The molecule has 1 aromatic carbocycles. The van der Waals surface area contributed by atoms with Crippen molar-refractivity contribution in [2.75, 3.05) is 0 Å². The highest BCUT2D eigenvalue weighted by molar-refractivity contribution is 6.31. The minimum Gasteiger partial charge on any atom is -0.507 e. The van der Waals surface area contributed by atoms with Gasteiger partial charge in [0.2, 0.25) is 5.91 Å². The number of Topliss-reactive ketones (excluding diaryl/α,β-unsaturated/α-hetero) is 4. The van der Waals surface area contributed by atoms with Crippen molar-refractivity contribution in [1.29, 1.82) is 0 Å². The number of aromatic hydroxyl groups is 1. The Morgan fingerprint density at radius 3 is 2.36 bits per heavy atom. The molecule has 0 spiro atoms. The van der Waals surface area contributed by atoms with Crippen LogP contribution in [0.1, 0.15) is 27.9 Å². The molecule has 2 saturated carbocycles. The first-order valence-corrected chi connectivity index (χ1v) is 10.0. The summed E-state index contributed by atoms with van der Waals surface area (Å²) in [5.74, 6) is -14.3. The Morgan fingerprint density at radius 2 is 1.76 bits per heavy atom. The van der Waals surface area contributed by atoms with E-state index in [0.29, 0.717) is 0 Å². The van der Waals surface area contributed by atoms with Gasteiger partial charge in [0.1, 0.15) is 5.75 Å². The van der Waals surface area contributed by atoms with Gasteiger partial charge in [0.15, 0.2) is 34.7 Å². The number of hydrogen-bond donors (Lipinski definition) is 5. The first-order valence-electron chi connectivity index (χ1n) is 10.0. The number of benzene rings is 1. The summed E-state index contributed by atoms with van der Waals surface area (Å²) < 4.78 is 0. The Bertz CT molecular complexity index is 1180. The van der Waals surface area contributed by atoms with E-state index in [1.807, 2.05) is 0 Å². The number of aliphatic carboxylic acids is 1. The molecule has 3 aliphatic rings. The lowest BCUT2D eigenvalue weighted by Gasteiger charge is -2.51. The van der Waals surface area contributed by atoms with E-state index in [4.69, 9.17) is 10.8 Å². The molecule has 0 heterocycles. The molecule has 6 atom stereocenters. The fraction of sp³-hybridized carbons (Fsp3) is 0.364. The molecule has 11 heteroatoms. The number of amides is 1. The van der Waals surface area contributed by atoms with E-state index >= 15 is 0 Å². The third-order valence-corrected chi connectivity index (χ3v) is 6.82. The number of ketones is 4. The van der Waals surface area contributed by atoms with Crippen LogP contribution >= 0.6 is 0 Å². The number of phenolic OH excluding ortho intramolecular Hbond substituents is 1. The van der Waals surface area contributed by atoms with Crippen molar-refractivity contribution in [2.24, 2.45) is 29.4 Å². The van der Waals surface area contributed by atoms with Gasteiger partial charge in [-0.15, -0.1) is 0 Å². The van der Waals surface area contributed by atoms with E-state index in [9.17, 15) is 44.1 Å². The van der Waals surface area contributed by atoms with Crippen LogP contribution in [0.5, 0.6) is 5.75 Å². The molecule has 0 radical (unpaired) electrons. The van der Waals surface area contributed by atoms with Crippen molar-refractivity contribution in [3.63, 3.8) is 0 Å². The van der Waals surface area contributed by atoms with Crippen molar-refractivity contribution in [3.8, 4) is 5.75 Å². The average Bonchev–Trinajstić information content (AvgIpc) is 2.73. The second-order valence-corrected chi connectivity index (χ2v) is 8.52. The predicted molar refractivity (Wildman–Crippen MR) is 107 cm³/mol. The Labute approximate surface area is 185 Å². The van der Waals surface area contributed by atoms with Gasteiger partial charge in [0.05, 0.1) is 17.6 Å². The van der Waals surface area contributed by atoms with Crippen LogP contribution in [0.2, 0.25) is 0 Å². The molecule has 1 amide bonds. The van der Waals surface area contributed by atoms with Gasteiger partial charge in [-0.1, -0.05) is 12.1 Å². The molecule has 6 N–H and O–H groups in total. The van der Waals surface area contributed by atoms with Crippen LogP contribution in [-0.2, 0) is 30.4 Å². The molecule has 11 nitrogen and oxygen atoms in total. The van der Waals surface area contributed by atoms with Gasteiger partial charge in [-0.25, -0.2) is 4.79 Å². The number of fused-ring (bicyclic) bond motifs is 3. The van der Waals surface area contributed by atoms with Gasteiger partial charge in [-0.05, 0) is 18.1 Å². The lowest BCUT2D eigenvalue weighted by atomic mass is 9.52.